The van der Waals surface area contributed by atoms with Crippen molar-refractivity contribution >= 4 is 42.8 Å². The van der Waals surface area contributed by atoms with Gasteiger partial charge in [-0.25, -0.2) is 8.42 Å². The molecule has 0 aliphatic carbocycles. The molecule has 3 aromatic rings. The summed E-state index contributed by atoms with van der Waals surface area (Å²) in [7, 11) is -3.85. The Kier molecular flexibility index (Phi) is 7.69. The monoisotopic (exact) mass is 491 g/mol. The third kappa shape index (κ3) is 5.71. The standard InChI is InChI=1S/C22H26BrN3O3S/c1-2-3-6-13-24-22(27)21(14-16-15-25-20-8-5-4-7-19(16)20)26-30(28,29)18-11-9-17(23)10-12-18/h4-5,7-12,15,21,25-26H,2-3,6,13-14H2,1H3,(H,24,27)/t21-/m0/s1. The molecular weight excluding hydrogens is 466 g/mol. The third-order valence-corrected chi connectivity index (χ3v) is 6.93. The van der Waals surface area contributed by atoms with Crippen LogP contribution in [0, 0.1) is 0 Å². The number of H-pyrrole nitrogens is 1. The number of aromatic nitrogens is 1. The van der Waals surface area contributed by atoms with Gasteiger partial charge >= 0.3 is 0 Å². The number of aromatic amines is 1. The molecule has 1 atom stereocenters. The van der Waals surface area contributed by atoms with Crippen molar-refractivity contribution in [1.82, 2.24) is 15.0 Å². The first-order chi connectivity index (χ1) is 14.4. The zero-order valence-electron chi connectivity index (χ0n) is 16.8. The minimum Gasteiger partial charge on any atom is -0.361 e. The molecule has 3 N–H and O–H groups in total. The second-order valence-corrected chi connectivity index (χ2v) is 9.82. The lowest BCUT2D eigenvalue weighted by Gasteiger charge is -2.18. The summed E-state index contributed by atoms with van der Waals surface area (Å²) in [5.74, 6) is -0.322. The van der Waals surface area contributed by atoms with E-state index in [4.69, 9.17) is 0 Å². The minimum atomic E-state index is -3.85. The van der Waals surface area contributed by atoms with Gasteiger partial charge in [-0.05, 0) is 48.7 Å². The lowest BCUT2D eigenvalue weighted by atomic mass is 10.1. The molecule has 1 aromatic heterocycles. The van der Waals surface area contributed by atoms with Crippen LogP contribution in [0.1, 0.15) is 31.7 Å². The van der Waals surface area contributed by atoms with Crippen molar-refractivity contribution < 1.29 is 13.2 Å². The van der Waals surface area contributed by atoms with Gasteiger partial charge in [0.15, 0.2) is 0 Å². The van der Waals surface area contributed by atoms with Crippen LogP contribution in [-0.2, 0) is 21.2 Å². The maximum absolute atomic E-state index is 12.9. The van der Waals surface area contributed by atoms with Crippen LogP contribution in [0.3, 0.4) is 0 Å². The molecule has 0 aliphatic heterocycles. The predicted octanol–water partition coefficient (Wildman–Crippen LogP) is 4.13. The van der Waals surface area contributed by atoms with Crippen LogP contribution in [0.5, 0.6) is 0 Å². The molecule has 0 saturated heterocycles. The summed E-state index contributed by atoms with van der Waals surface area (Å²) in [5.41, 5.74) is 1.84. The average Bonchev–Trinajstić information content (AvgIpc) is 3.14. The van der Waals surface area contributed by atoms with Gasteiger partial charge in [0.2, 0.25) is 15.9 Å². The number of fused-ring (bicyclic) bond motifs is 1. The Morgan fingerprint density at radius 2 is 1.83 bits per heavy atom. The van der Waals surface area contributed by atoms with Gasteiger partial charge < -0.3 is 10.3 Å². The summed E-state index contributed by atoms with van der Waals surface area (Å²) in [6.45, 7) is 2.62. The molecule has 6 nitrogen and oxygen atoms in total. The van der Waals surface area contributed by atoms with Crippen LogP contribution in [0.15, 0.2) is 64.1 Å². The molecule has 3 rings (SSSR count). The van der Waals surface area contributed by atoms with Crippen molar-refractivity contribution in [2.24, 2.45) is 0 Å². The predicted molar refractivity (Wildman–Crippen MR) is 123 cm³/mol. The number of amides is 1. The number of benzene rings is 2. The fourth-order valence-electron chi connectivity index (χ4n) is 3.29. The molecule has 0 radical (unpaired) electrons. The quantitative estimate of drug-likeness (QED) is 0.372. The van der Waals surface area contributed by atoms with E-state index < -0.39 is 16.1 Å². The lowest BCUT2D eigenvalue weighted by molar-refractivity contribution is -0.122. The molecule has 30 heavy (non-hydrogen) atoms. The molecule has 0 bridgehead atoms. The second-order valence-electron chi connectivity index (χ2n) is 7.19. The number of hydrogen-bond donors (Lipinski definition) is 3. The number of rotatable bonds is 10. The van der Waals surface area contributed by atoms with E-state index in [-0.39, 0.29) is 17.2 Å². The Bertz CT molecular complexity index is 1090. The van der Waals surface area contributed by atoms with Gasteiger partial charge in [-0.15, -0.1) is 0 Å². The van der Waals surface area contributed by atoms with E-state index in [9.17, 15) is 13.2 Å². The largest absolute Gasteiger partial charge is 0.361 e. The number of unbranched alkanes of at least 4 members (excludes halogenated alkanes) is 2. The van der Waals surface area contributed by atoms with Crippen molar-refractivity contribution in [1.29, 1.82) is 0 Å². The Balaban J connectivity index is 1.83. The maximum Gasteiger partial charge on any atom is 0.241 e. The van der Waals surface area contributed by atoms with Gasteiger partial charge in [0.1, 0.15) is 6.04 Å². The zero-order valence-corrected chi connectivity index (χ0v) is 19.2. The van der Waals surface area contributed by atoms with Crippen LogP contribution in [0.25, 0.3) is 10.9 Å². The first-order valence-corrected chi connectivity index (χ1v) is 12.3. The number of hydrogen-bond acceptors (Lipinski definition) is 3. The number of carbonyl (C=O) groups is 1. The van der Waals surface area contributed by atoms with E-state index in [0.717, 1.165) is 40.2 Å². The number of carbonyl (C=O) groups excluding carboxylic acids is 1. The molecule has 0 spiro atoms. The van der Waals surface area contributed by atoms with Gasteiger partial charge in [0.05, 0.1) is 4.90 Å². The molecule has 0 unspecified atom stereocenters. The van der Waals surface area contributed by atoms with Gasteiger partial charge in [-0.1, -0.05) is 53.9 Å². The summed E-state index contributed by atoms with van der Waals surface area (Å²) in [6, 6.07) is 13.2. The molecular formula is C22H26BrN3O3S. The van der Waals surface area contributed by atoms with Crippen molar-refractivity contribution in [3.05, 3.63) is 64.8 Å². The molecule has 1 heterocycles. The summed E-state index contributed by atoms with van der Waals surface area (Å²) < 4.78 is 29.2. The van der Waals surface area contributed by atoms with Gasteiger partial charge in [-0.3, -0.25) is 4.79 Å². The van der Waals surface area contributed by atoms with E-state index in [1.165, 1.54) is 12.1 Å². The highest BCUT2D eigenvalue weighted by atomic mass is 79.9. The van der Waals surface area contributed by atoms with Crippen LogP contribution in [0.4, 0.5) is 0 Å². The van der Waals surface area contributed by atoms with Crippen LogP contribution < -0.4 is 10.0 Å². The normalized spacial score (nSPS) is 12.7. The average molecular weight is 492 g/mol. The second kappa shape index (κ2) is 10.2. The fraction of sp³-hybridized carbons (Fsp3) is 0.318. The summed E-state index contributed by atoms with van der Waals surface area (Å²) >= 11 is 3.31. The third-order valence-electron chi connectivity index (χ3n) is 4.92. The first kappa shape index (κ1) is 22.5. The molecule has 0 fully saturated rings. The summed E-state index contributed by atoms with van der Waals surface area (Å²) in [5, 5.41) is 3.85. The van der Waals surface area contributed by atoms with E-state index in [1.807, 2.05) is 30.5 Å². The molecule has 8 heteroatoms. The molecule has 2 aromatic carbocycles. The number of halogens is 1. The Labute approximate surface area is 185 Å². The number of nitrogens with one attached hydrogen (secondary N) is 3. The zero-order chi connectivity index (χ0) is 21.6. The van der Waals surface area contributed by atoms with Gasteiger partial charge in [0, 0.05) is 28.1 Å². The van der Waals surface area contributed by atoms with E-state index in [0.29, 0.717) is 6.54 Å². The highest BCUT2D eigenvalue weighted by molar-refractivity contribution is 9.10. The minimum absolute atomic E-state index is 0.119. The lowest BCUT2D eigenvalue weighted by Crippen LogP contribution is -2.48. The van der Waals surface area contributed by atoms with Crippen molar-refractivity contribution in [2.45, 2.75) is 43.5 Å². The van der Waals surface area contributed by atoms with E-state index >= 15 is 0 Å². The molecule has 160 valence electrons. The van der Waals surface area contributed by atoms with Gasteiger partial charge in [-0.2, -0.15) is 4.72 Å². The van der Waals surface area contributed by atoms with Gasteiger partial charge in [0.25, 0.3) is 0 Å². The topological polar surface area (TPSA) is 91.1 Å². The van der Waals surface area contributed by atoms with Crippen molar-refractivity contribution in [3.63, 3.8) is 0 Å². The van der Waals surface area contributed by atoms with E-state index in [2.05, 4.69) is 37.9 Å². The maximum atomic E-state index is 12.9. The highest BCUT2D eigenvalue weighted by Gasteiger charge is 2.26. The summed E-state index contributed by atoms with van der Waals surface area (Å²) in [6.07, 6.45) is 5.00. The Morgan fingerprint density at radius 1 is 1.10 bits per heavy atom. The Hall–Kier alpha value is -2.16. The van der Waals surface area contributed by atoms with Crippen molar-refractivity contribution in [3.8, 4) is 0 Å². The van der Waals surface area contributed by atoms with Crippen LogP contribution in [-0.4, -0.2) is 31.9 Å². The smallest absolute Gasteiger partial charge is 0.241 e. The SMILES string of the molecule is CCCCCNC(=O)[C@H](Cc1c[nH]c2ccccc12)NS(=O)(=O)c1ccc(Br)cc1. The summed E-state index contributed by atoms with van der Waals surface area (Å²) in [4.78, 5) is 16.2. The molecule has 0 saturated carbocycles. The highest BCUT2D eigenvalue weighted by Crippen LogP contribution is 2.20. The number of para-hydroxylation sites is 1. The number of sulfonamides is 1. The van der Waals surface area contributed by atoms with Crippen LogP contribution >= 0.6 is 15.9 Å². The molecule has 0 aliphatic rings. The molecule has 1 amide bonds. The Morgan fingerprint density at radius 3 is 2.57 bits per heavy atom. The fourth-order valence-corrected chi connectivity index (χ4v) is 4.75. The van der Waals surface area contributed by atoms with Crippen molar-refractivity contribution in [2.75, 3.05) is 6.54 Å². The first-order valence-electron chi connectivity index (χ1n) is 10.0. The van der Waals surface area contributed by atoms with Crippen LogP contribution in [0.2, 0.25) is 0 Å². The van der Waals surface area contributed by atoms with E-state index in [1.54, 1.807) is 12.1 Å².